The average Bonchev–Trinajstić information content (AvgIpc) is 3.67. The fraction of sp³-hybridized carbons (Fsp3) is 0.195. The first-order valence-corrected chi connectivity index (χ1v) is 17.3. The van der Waals surface area contributed by atoms with Crippen molar-refractivity contribution < 1.29 is 0 Å². The smallest absolute Gasteiger partial charge is 0.206 e. The van der Waals surface area contributed by atoms with Crippen molar-refractivity contribution in [2.24, 2.45) is 0 Å². The Balaban J connectivity index is 0.000000238. The summed E-state index contributed by atoms with van der Waals surface area (Å²) in [5, 5.41) is 1.06. The Morgan fingerprint density at radius 1 is 0.644 bits per heavy atom. The van der Waals surface area contributed by atoms with Gasteiger partial charge in [-0.2, -0.15) is 0 Å². The van der Waals surface area contributed by atoms with E-state index in [1.54, 1.807) is 0 Å². The molecule has 0 saturated heterocycles. The predicted molar refractivity (Wildman–Crippen MR) is 195 cm³/mol. The molecular weight excluding hydrogens is 559 g/mol. The lowest BCUT2D eigenvalue weighted by Gasteiger charge is -2.36. The van der Waals surface area contributed by atoms with E-state index in [0.717, 1.165) is 6.42 Å². The van der Waals surface area contributed by atoms with Crippen molar-refractivity contribution >= 4 is 32.3 Å². The molecule has 1 heterocycles. The Hall–Kier alpha value is -4.41. The van der Waals surface area contributed by atoms with Crippen LogP contribution in [-0.4, -0.2) is 25.8 Å². The highest BCUT2D eigenvalue weighted by Gasteiger charge is 2.37. The average molecular weight is 603 g/mol. The van der Waals surface area contributed by atoms with Crippen molar-refractivity contribution in [2.75, 3.05) is 0 Å². The summed E-state index contributed by atoms with van der Waals surface area (Å²) in [5.74, 6) is 0. The molecule has 0 aliphatic heterocycles. The van der Waals surface area contributed by atoms with Crippen LogP contribution < -0.4 is 16.1 Å². The standard InChI is InChI=1S/C28H30N2Si.C13H13B/c1-2-3-4-7-13-24-14-12-19-27(22-24)31-28(30-21-20-29-23-30,25-15-8-5-9-16-25)26-17-10-6-11-18-26;1-14(12-8-4-2-5-9-12)13-10-6-3-7-11-13/h5-6,8-12,14-23H,2-4,7,13H2,1H3;2-11H,1H3. The van der Waals surface area contributed by atoms with E-state index < -0.39 is 0 Å². The van der Waals surface area contributed by atoms with Crippen LogP contribution in [0.1, 0.15) is 49.3 Å². The Labute approximate surface area is 273 Å². The van der Waals surface area contributed by atoms with Crippen LogP contribution >= 0.6 is 0 Å². The maximum atomic E-state index is 4.42. The van der Waals surface area contributed by atoms with Crippen LogP contribution in [0.3, 0.4) is 0 Å². The summed E-state index contributed by atoms with van der Waals surface area (Å²) in [6, 6.07) is 52.1. The van der Waals surface area contributed by atoms with E-state index in [0.29, 0.717) is 16.2 Å². The molecule has 0 atom stereocenters. The topological polar surface area (TPSA) is 17.8 Å². The zero-order valence-corrected chi connectivity index (χ0v) is 27.6. The summed E-state index contributed by atoms with van der Waals surface area (Å²) >= 11 is 0. The maximum absolute atomic E-state index is 4.42. The molecule has 0 spiro atoms. The molecule has 45 heavy (non-hydrogen) atoms. The number of benzene rings is 5. The summed E-state index contributed by atoms with van der Waals surface area (Å²) in [4.78, 5) is 4.42. The minimum Gasteiger partial charge on any atom is -0.326 e. The lowest BCUT2D eigenvalue weighted by Crippen LogP contribution is -2.46. The molecule has 0 aliphatic rings. The Morgan fingerprint density at radius 2 is 1.20 bits per heavy atom. The van der Waals surface area contributed by atoms with Gasteiger partial charge in [0.05, 0.1) is 11.5 Å². The Morgan fingerprint density at radius 3 is 1.71 bits per heavy atom. The maximum Gasteiger partial charge on any atom is 0.206 e. The molecule has 4 heteroatoms. The van der Waals surface area contributed by atoms with E-state index in [1.165, 1.54) is 58.5 Å². The first kappa shape index (κ1) is 32.0. The van der Waals surface area contributed by atoms with E-state index in [9.17, 15) is 0 Å². The Bertz CT molecular complexity index is 1580. The van der Waals surface area contributed by atoms with Gasteiger partial charge in [0.1, 0.15) is 9.52 Å². The quantitative estimate of drug-likeness (QED) is 0.104. The lowest BCUT2D eigenvalue weighted by molar-refractivity contribution is 0.596. The second-order valence-corrected chi connectivity index (χ2v) is 13.1. The van der Waals surface area contributed by atoms with Crippen molar-refractivity contribution in [2.45, 2.75) is 51.0 Å². The predicted octanol–water partition coefficient (Wildman–Crippen LogP) is 7.71. The van der Waals surface area contributed by atoms with Gasteiger partial charge in [0.15, 0.2) is 0 Å². The summed E-state index contributed by atoms with van der Waals surface area (Å²) in [7, 11) is 0.540. The minimum absolute atomic E-state index is 0.320. The molecule has 5 aromatic carbocycles. The molecule has 1 aromatic heterocycles. The number of hydrogen-bond acceptors (Lipinski definition) is 1. The van der Waals surface area contributed by atoms with E-state index in [2.05, 4.69) is 175 Å². The molecule has 0 fully saturated rings. The Kier molecular flexibility index (Phi) is 11.8. The molecule has 0 bridgehead atoms. The normalized spacial score (nSPS) is 11.0. The van der Waals surface area contributed by atoms with Crippen LogP contribution in [0.15, 0.2) is 164 Å². The highest BCUT2D eigenvalue weighted by atomic mass is 28.2. The van der Waals surface area contributed by atoms with Crippen LogP contribution in [0, 0.1) is 0 Å². The minimum atomic E-state index is -0.320. The van der Waals surface area contributed by atoms with Crippen LogP contribution in [-0.2, 0) is 11.6 Å². The third-order valence-electron chi connectivity index (χ3n) is 8.45. The van der Waals surface area contributed by atoms with Crippen molar-refractivity contribution in [3.8, 4) is 0 Å². The van der Waals surface area contributed by atoms with E-state index in [1.807, 2.05) is 12.5 Å². The van der Waals surface area contributed by atoms with Gasteiger partial charge in [-0.15, -0.1) is 0 Å². The summed E-state index contributed by atoms with van der Waals surface area (Å²) < 4.78 is 2.28. The van der Waals surface area contributed by atoms with Gasteiger partial charge >= 0.3 is 0 Å². The van der Waals surface area contributed by atoms with Crippen molar-refractivity contribution in [3.05, 3.63) is 181 Å². The molecule has 6 aromatic rings. The lowest BCUT2D eigenvalue weighted by atomic mass is 9.43. The van der Waals surface area contributed by atoms with Crippen LogP contribution in [0.2, 0.25) is 6.82 Å². The van der Waals surface area contributed by atoms with Gasteiger partial charge in [0.25, 0.3) is 0 Å². The number of imidazole rings is 1. The zero-order chi connectivity index (χ0) is 31.2. The molecule has 0 aliphatic carbocycles. The number of hydrogen-bond donors (Lipinski definition) is 0. The first-order valence-electron chi connectivity index (χ1n) is 16.3. The zero-order valence-electron chi connectivity index (χ0n) is 26.6. The molecule has 2 radical (unpaired) electrons. The van der Waals surface area contributed by atoms with Crippen LogP contribution in [0.5, 0.6) is 0 Å². The molecule has 0 unspecified atom stereocenters. The van der Waals surface area contributed by atoms with Crippen molar-refractivity contribution in [3.63, 3.8) is 0 Å². The largest absolute Gasteiger partial charge is 0.326 e. The molecular formula is C41H43BN2Si. The molecule has 6 rings (SSSR count). The van der Waals surface area contributed by atoms with Crippen molar-refractivity contribution in [1.82, 2.24) is 9.55 Å². The van der Waals surface area contributed by atoms with Crippen molar-refractivity contribution in [1.29, 1.82) is 0 Å². The number of unbranched alkanes of at least 4 members (excludes halogenated alkanes) is 3. The number of nitrogens with zero attached hydrogens (tertiary/aromatic N) is 2. The monoisotopic (exact) mass is 602 g/mol. The second-order valence-electron chi connectivity index (χ2n) is 11.6. The number of aryl methyl sites for hydroxylation is 1. The molecule has 224 valence electrons. The summed E-state index contributed by atoms with van der Waals surface area (Å²) in [6.45, 7) is 4.99. The fourth-order valence-electron chi connectivity index (χ4n) is 5.94. The third-order valence-corrected chi connectivity index (χ3v) is 10.2. The van der Waals surface area contributed by atoms with Gasteiger partial charge in [-0.1, -0.05) is 195 Å². The van der Waals surface area contributed by atoms with Gasteiger partial charge in [-0.25, -0.2) is 4.98 Å². The van der Waals surface area contributed by atoms with Gasteiger partial charge in [0, 0.05) is 12.4 Å². The molecule has 2 nitrogen and oxygen atoms in total. The first-order chi connectivity index (χ1) is 22.2. The summed E-state index contributed by atoms with van der Waals surface area (Å²) in [6.07, 6.45) is 12.3. The highest BCUT2D eigenvalue weighted by molar-refractivity contribution is 6.84. The fourth-order valence-corrected chi connectivity index (χ4v) is 7.67. The van der Waals surface area contributed by atoms with Gasteiger partial charge in [0.2, 0.25) is 6.71 Å². The summed E-state index contributed by atoms with van der Waals surface area (Å²) in [5.41, 5.74) is 6.76. The van der Waals surface area contributed by atoms with Gasteiger partial charge < -0.3 is 4.57 Å². The third kappa shape index (κ3) is 8.40. The number of aromatic nitrogens is 2. The van der Waals surface area contributed by atoms with Gasteiger partial charge in [-0.05, 0) is 29.5 Å². The van der Waals surface area contributed by atoms with E-state index in [-0.39, 0.29) is 5.16 Å². The van der Waals surface area contributed by atoms with Gasteiger partial charge in [-0.3, -0.25) is 0 Å². The second kappa shape index (κ2) is 16.6. The van der Waals surface area contributed by atoms with E-state index in [4.69, 9.17) is 0 Å². The number of rotatable bonds is 12. The molecule has 0 saturated carbocycles. The SMILES string of the molecule is CB(c1ccccc1)c1ccccc1.CCCCCCc1cccc([Si]C(c2ccccc2)(c2ccccc2)n2ccnc2)c1. The van der Waals surface area contributed by atoms with Crippen LogP contribution in [0.25, 0.3) is 0 Å². The molecule has 0 N–H and O–H groups in total. The molecule has 0 amide bonds. The highest BCUT2D eigenvalue weighted by Crippen LogP contribution is 2.33. The van der Waals surface area contributed by atoms with Crippen LogP contribution in [0.4, 0.5) is 0 Å². The van der Waals surface area contributed by atoms with E-state index >= 15 is 0 Å².